The number of anilines is 1. The summed E-state index contributed by atoms with van der Waals surface area (Å²) in [5.74, 6) is 1.30. The lowest BCUT2D eigenvalue weighted by atomic mass is 10.2. The van der Waals surface area contributed by atoms with Gasteiger partial charge < -0.3 is 5.32 Å². The van der Waals surface area contributed by atoms with Gasteiger partial charge in [-0.3, -0.25) is 10.1 Å². The number of thioether (sulfide) groups is 1. The molecular weight excluding hydrogens is 276 g/mol. The standard InChI is InChI=1S/C13H16N4O2S/c1-2-20-12-5-3-4-10(12)16-13-11(17(18)19)6-9(7-14)8-15-13/h6,8,10,12H,2-5H2,1H3,(H,15,16). The number of aromatic nitrogens is 1. The summed E-state index contributed by atoms with van der Waals surface area (Å²) in [5, 5.41) is 23.5. The molecule has 1 aliphatic rings. The smallest absolute Gasteiger partial charge is 0.312 e. The number of pyridine rings is 1. The first-order valence-corrected chi connectivity index (χ1v) is 7.63. The molecule has 20 heavy (non-hydrogen) atoms. The van der Waals surface area contributed by atoms with Gasteiger partial charge in [0, 0.05) is 23.6 Å². The quantitative estimate of drug-likeness (QED) is 0.662. The van der Waals surface area contributed by atoms with Gasteiger partial charge in [0.1, 0.15) is 6.07 Å². The Labute approximate surface area is 121 Å². The summed E-state index contributed by atoms with van der Waals surface area (Å²) in [5.41, 5.74) is 0.0735. The number of rotatable bonds is 5. The van der Waals surface area contributed by atoms with E-state index in [0.29, 0.717) is 5.25 Å². The normalized spacial score (nSPS) is 21.4. The number of hydrogen-bond donors (Lipinski definition) is 1. The first-order valence-electron chi connectivity index (χ1n) is 6.58. The molecule has 1 aromatic heterocycles. The fraction of sp³-hybridized carbons (Fsp3) is 0.538. The van der Waals surface area contributed by atoms with Gasteiger partial charge in [-0.1, -0.05) is 13.3 Å². The molecule has 106 valence electrons. The largest absolute Gasteiger partial charge is 0.360 e. The van der Waals surface area contributed by atoms with Crippen LogP contribution in [-0.4, -0.2) is 27.0 Å². The van der Waals surface area contributed by atoms with Gasteiger partial charge in [-0.15, -0.1) is 0 Å². The fourth-order valence-corrected chi connectivity index (χ4v) is 3.64. The van der Waals surface area contributed by atoms with E-state index >= 15 is 0 Å². The van der Waals surface area contributed by atoms with Crippen LogP contribution in [0.4, 0.5) is 11.5 Å². The average molecular weight is 292 g/mol. The molecule has 0 aliphatic heterocycles. The Bertz CT molecular complexity index is 544. The van der Waals surface area contributed by atoms with Crippen molar-refractivity contribution >= 4 is 23.3 Å². The van der Waals surface area contributed by atoms with Crippen LogP contribution in [0.5, 0.6) is 0 Å². The molecule has 1 aliphatic carbocycles. The van der Waals surface area contributed by atoms with Gasteiger partial charge >= 0.3 is 5.69 Å². The SMILES string of the molecule is CCSC1CCCC1Nc1ncc(C#N)cc1[N+](=O)[O-]. The molecule has 0 aromatic carbocycles. The molecule has 2 atom stereocenters. The van der Waals surface area contributed by atoms with Gasteiger partial charge in [0.2, 0.25) is 5.82 Å². The molecule has 7 heteroatoms. The zero-order valence-electron chi connectivity index (χ0n) is 11.2. The Morgan fingerprint density at radius 2 is 2.45 bits per heavy atom. The van der Waals surface area contributed by atoms with Gasteiger partial charge in [-0.05, 0) is 18.6 Å². The van der Waals surface area contributed by atoms with Crippen LogP contribution < -0.4 is 5.32 Å². The molecule has 1 N–H and O–H groups in total. The van der Waals surface area contributed by atoms with Crippen molar-refractivity contribution in [3.63, 3.8) is 0 Å². The van der Waals surface area contributed by atoms with Crippen LogP contribution >= 0.6 is 11.8 Å². The first kappa shape index (κ1) is 14.6. The summed E-state index contributed by atoms with van der Waals surface area (Å²) < 4.78 is 0. The lowest BCUT2D eigenvalue weighted by Gasteiger charge is -2.20. The van der Waals surface area contributed by atoms with Gasteiger partial charge in [0.05, 0.1) is 10.5 Å². The summed E-state index contributed by atoms with van der Waals surface area (Å²) in [4.78, 5) is 14.6. The van der Waals surface area contributed by atoms with E-state index in [1.54, 1.807) is 0 Å². The van der Waals surface area contributed by atoms with E-state index < -0.39 is 4.92 Å². The highest BCUT2D eigenvalue weighted by Gasteiger charge is 2.29. The third-order valence-corrected chi connectivity index (χ3v) is 4.67. The number of nitrogens with one attached hydrogen (secondary N) is 1. The molecule has 1 aromatic rings. The van der Waals surface area contributed by atoms with Crippen molar-refractivity contribution in [2.75, 3.05) is 11.1 Å². The monoisotopic (exact) mass is 292 g/mol. The highest BCUT2D eigenvalue weighted by molar-refractivity contribution is 7.99. The topological polar surface area (TPSA) is 91.8 Å². The summed E-state index contributed by atoms with van der Waals surface area (Å²) >= 11 is 1.88. The minimum atomic E-state index is -0.493. The van der Waals surface area contributed by atoms with Crippen LogP contribution in [0, 0.1) is 21.4 Å². The van der Waals surface area contributed by atoms with Crippen molar-refractivity contribution in [2.24, 2.45) is 0 Å². The second-order valence-corrected chi connectivity index (χ2v) is 6.15. The van der Waals surface area contributed by atoms with E-state index in [4.69, 9.17) is 5.26 Å². The predicted octanol–water partition coefficient (Wildman–Crippen LogP) is 2.95. The predicted molar refractivity (Wildman–Crippen MR) is 78.8 cm³/mol. The Balaban J connectivity index is 2.20. The van der Waals surface area contributed by atoms with Gasteiger partial charge in [-0.2, -0.15) is 17.0 Å². The zero-order chi connectivity index (χ0) is 14.5. The van der Waals surface area contributed by atoms with E-state index in [-0.39, 0.29) is 23.1 Å². The van der Waals surface area contributed by atoms with E-state index in [1.807, 2.05) is 17.8 Å². The maximum Gasteiger partial charge on any atom is 0.312 e. The summed E-state index contributed by atoms with van der Waals surface area (Å²) in [6, 6.07) is 3.35. The van der Waals surface area contributed by atoms with E-state index in [9.17, 15) is 10.1 Å². The molecule has 1 saturated carbocycles. The van der Waals surface area contributed by atoms with Gasteiger partial charge in [0.15, 0.2) is 0 Å². The Morgan fingerprint density at radius 3 is 3.10 bits per heavy atom. The van der Waals surface area contributed by atoms with Crippen LogP contribution in [0.25, 0.3) is 0 Å². The number of nitrogens with zero attached hydrogens (tertiary/aromatic N) is 3. The first-order chi connectivity index (χ1) is 9.65. The maximum atomic E-state index is 11.1. The molecule has 0 spiro atoms. The lowest BCUT2D eigenvalue weighted by Crippen LogP contribution is -2.27. The number of hydrogen-bond acceptors (Lipinski definition) is 6. The highest BCUT2D eigenvalue weighted by Crippen LogP contribution is 2.33. The maximum absolute atomic E-state index is 11.1. The fourth-order valence-electron chi connectivity index (χ4n) is 2.44. The Morgan fingerprint density at radius 1 is 1.65 bits per heavy atom. The Hall–Kier alpha value is -1.81. The summed E-state index contributed by atoms with van der Waals surface area (Å²) in [6.45, 7) is 2.11. The van der Waals surface area contributed by atoms with Crippen LogP contribution in [0.3, 0.4) is 0 Å². The molecular formula is C13H16N4O2S. The Kier molecular flexibility index (Phi) is 4.79. The third kappa shape index (κ3) is 3.20. The highest BCUT2D eigenvalue weighted by atomic mass is 32.2. The van der Waals surface area contributed by atoms with Crippen molar-refractivity contribution in [3.8, 4) is 6.07 Å². The van der Waals surface area contributed by atoms with Crippen LogP contribution in [0.1, 0.15) is 31.7 Å². The lowest BCUT2D eigenvalue weighted by molar-refractivity contribution is -0.384. The summed E-state index contributed by atoms with van der Waals surface area (Å²) in [6.07, 6.45) is 4.61. The zero-order valence-corrected chi connectivity index (χ0v) is 12.0. The molecule has 0 amide bonds. The second kappa shape index (κ2) is 6.57. The molecule has 1 fully saturated rings. The molecule has 0 saturated heterocycles. The molecule has 2 rings (SSSR count). The van der Waals surface area contributed by atoms with Gasteiger partial charge in [0.25, 0.3) is 0 Å². The van der Waals surface area contributed by atoms with Crippen LogP contribution in [0.2, 0.25) is 0 Å². The average Bonchev–Trinajstić information content (AvgIpc) is 2.87. The van der Waals surface area contributed by atoms with Crippen LogP contribution in [0.15, 0.2) is 12.3 Å². The van der Waals surface area contributed by atoms with E-state index in [1.165, 1.54) is 12.3 Å². The third-order valence-electron chi connectivity index (χ3n) is 3.35. The van der Waals surface area contributed by atoms with E-state index in [2.05, 4.69) is 17.2 Å². The number of nitriles is 1. The summed E-state index contributed by atoms with van der Waals surface area (Å²) in [7, 11) is 0. The molecule has 0 radical (unpaired) electrons. The van der Waals surface area contributed by atoms with Crippen molar-refractivity contribution in [1.29, 1.82) is 5.26 Å². The number of nitro groups is 1. The van der Waals surface area contributed by atoms with Crippen molar-refractivity contribution in [1.82, 2.24) is 4.98 Å². The van der Waals surface area contributed by atoms with Crippen molar-refractivity contribution in [2.45, 2.75) is 37.5 Å². The minimum absolute atomic E-state index is 0.129. The van der Waals surface area contributed by atoms with Crippen molar-refractivity contribution < 1.29 is 4.92 Å². The van der Waals surface area contributed by atoms with Gasteiger partial charge in [-0.25, -0.2) is 4.98 Å². The minimum Gasteiger partial charge on any atom is -0.360 e. The molecule has 0 bridgehead atoms. The molecule has 6 nitrogen and oxygen atoms in total. The molecule has 2 unspecified atom stereocenters. The van der Waals surface area contributed by atoms with Crippen LogP contribution in [-0.2, 0) is 0 Å². The second-order valence-electron chi connectivity index (χ2n) is 4.64. The molecule has 1 heterocycles. The van der Waals surface area contributed by atoms with Crippen molar-refractivity contribution in [3.05, 3.63) is 27.9 Å². The van der Waals surface area contributed by atoms with E-state index in [0.717, 1.165) is 25.0 Å².